The first-order valence-electron chi connectivity index (χ1n) is 8.64. The van der Waals surface area contributed by atoms with Crippen LogP contribution in [0.25, 0.3) is 0 Å². The molecule has 7 heteroatoms. The molecule has 0 unspecified atom stereocenters. The SMILES string of the molecule is CCOC(=O)c1ccc(NC[C@H]2CCN(c3ccc(F)c(F)c3)C2)nc1. The van der Waals surface area contributed by atoms with Crippen molar-refractivity contribution < 1.29 is 18.3 Å². The topological polar surface area (TPSA) is 54.5 Å². The van der Waals surface area contributed by atoms with E-state index in [2.05, 4.69) is 10.3 Å². The molecule has 1 N–H and O–H groups in total. The number of carbonyl (C=O) groups excluding carboxylic acids is 1. The minimum atomic E-state index is -0.830. The normalized spacial score (nSPS) is 16.6. The van der Waals surface area contributed by atoms with Gasteiger partial charge in [-0.3, -0.25) is 0 Å². The molecule has 26 heavy (non-hydrogen) atoms. The summed E-state index contributed by atoms with van der Waals surface area (Å²) in [7, 11) is 0. The van der Waals surface area contributed by atoms with Gasteiger partial charge in [-0.05, 0) is 43.5 Å². The highest BCUT2D eigenvalue weighted by Gasteiger charge is 2.23. The first kappa shape index (κ1) is 18.1. The summed E-state index contributed by atoms with van der Waals surface area (Å²) < 4.78 is 31.4. The Balaban J connectivity index is 1.51. The van der Waals surface area contributed by atoms with Crippen molar-refractivity contribution in [2.24, 2.45) is 5.92 Å². The fourth-order valence-electron chi connectivity index (χ4n) is 3.00. The number of anilines is 2. The van der Waals surface area contributed by atoms with E-state index >= 15 is 0 Å². The molecule has 1 aromatic carbocycles. The first-order chi connectivity index (χ1) is 12.6. The molecule has 0 bridgehead atoms. The van der Waals surface area contributed by atoms with Gasteiger partial charge in [-0.25, -0.2) is 18.6 Å². The van der Waals surface area contributed by atoms with Crippen LogP contribution in [-0.2, 0) is 4.74 Å². The fraction of sp³-hybridized carbons (Fsp3) is 0.368. The lowest BCUT2D eigenvalue weighted by Gasteiger charge is -2.19. The van der Waals surface area contributed by atoms with Gasteiger partial charge in [0, 0.05) is 37.6 Å². The molecule has 3 rings (SSSR count). The second-order valence-corrected chi connectivity index (χ2v) is 6.23. The van der Waals surface area contributed by atoms with Crippen molar-refractivity contribution in [1.29, 1.82) is 0 Å². The van der Waals surface area contributed by atoms with Gasteiger partial charge in [0.15, 0.2) is 11.6 Å². The minimum absolute atomic E-state index is 0.328. The summed E-state index contributed by atoms with van der Waals surface area (Å²) in [5.41, 5.74) is 1.12. The van der Waals surface area contributed by atoms with Crippen molar-refractivity contribution in [1.82, 2.24) is 4.98 Å². The van der Waals surface area contributed by atoms with E-state index in [-0.39, 0.29) is 5.97 Å². The second-order valence-electron chi connectivity index (χ2n) is 6.23. The van der Waals surface area contributed by atoms with Gasteiger partial charge in [0.2, 0.25) is 0 Å². The standard InChI is InChI=1S/C19H21F2N3O2/c1-2-26-19(25)14-3-6-18(23-11-14)22-10-13-7-8-24(12-13)15-4-5-16(20)17(21)9-15/h3-6,9,11,13H,2,7-8,10,12H2,1H3,(H,22,23)/t13-/m1/s1. The molecule has 2 heterocycles. The minimum Gasteiger partial charge on any atom is -0.462 e. The van der Waals surface area contributed by atoms with Crippen LogP contribution in [0.15, 0.2) is 36.5 Å². The molecule has 5 nitrogen and oxygen atoms in total. The van der Waals surface area contributed by atoms with Crippen LogP contribution in [0, 0.1) is 17.6 Å². The average Bonchev–Trinajstić information content (AvgIpc) is 3.12. The van der Waals surface area contributed by atoms with E-state index in [9.17, 15) is 13.6 Å². The number of nitrogens with one attached hydrogen (secondary N) is 1. The summed E-state index contributed by atoms with van der Waals surface area (Å²) in [6.45, 7) is 4.36. The van der Waals surface area contributed by atoms with Crippen molar-refractivity contribution in [3.8, 4) is 0 Å². The molecule has 1 atom stereocenters. The molecule has 0 aliphatic carbocycles. The van der Waals surface area contributed by atoms with Crippen molar-refractivity contribution in [2.45, 2.75) is 13.3 Å². The van der Waals surface area contributed by atoms with Crippen LogP contribution < -0.4 is 10.2 Å². The van der Waals surface area contributed by atoms with Gasteiger partial charge in [0.25, 0.3) is 0 Å². The molecule has 0 amide bonds. The number of esters is 1. The van der Waals surface area contributed by atoms with Crippen LogP contribution in [0.3, 0.4) is 0 Å². The third-order valence-corrected chi connectivity index (χ3v) is 4.40. The lowest BCUT2D eigenvalue weighted by Crippen LogP contribution is -2.22. The Labute approximate surface area is 151 Å². The Hall–Kier alpha value is -2.70. The van der Waals surface area contributed by atoms with E-state index in [1.165, 1.54) is 12.3 Å². The Morgan fingerprint density at radius 3 is 2.85 bits per heavy atom. The van der Waals surface area contributed by atoms with E-state index in [0.29, 0.717) is 36.1 Å². The number of rotatable bonds is 6. The van der Waals surface area contributed by atoms with Crippen molar-refractivity contribution in [3.05, 3.63) is 53.7 Å². The predicted molar refractivity (Wildman–Crippen MR) is 95.4 cm³/mol. The number of pyridine rings is 1. The van der Waals surface area contributed by atoms with Crippen LogP contribution in [0.5, 0.6) is 0 Å². The van der Waals surface area contributed by atoms with E-state index in [4.69, 9.17) is 4.74 Å². The van der Waals surface area contributed by atoms with Gasteiger partial charge in [-0.1, -0.05) is 0 Å². The summed E-state index contributed by atoms with van der Waals surface area (Å²) in [5, 5.41) is 3.25. The van der Waals surface area contributed by atoms with E-state index in [1.54, 1.807) is 25.1 Å². The van der Waals surface area contributed by atoms with Crippen molar-refractivity contribution in [2.75, 3.05) is 36.5 Å². The zero-order valence-electron chi connectivity index (χ0n) is 14.5. The monoisotopic (exact) mass is 361 g/mol. The number of hydrogen-bond acceptors (Lipinski definition) is 5. The highest BCUT2D eigenvalue weighted by molar-refractivity contribution is 5.89. The Bertz CT molecular complexity index is 768. The Morgan fingerprint density at radius 2 is 2.15 bits per heavy atom. The lowest BCUT2D eigenvalue weighted by molar-refractivity contribution is 0.0526. The molecular weight excluding hydrogens is 340 g/mol. The number of hydrogen-bond donors (Lipinski definition) is 1. The number of aromatic nitrogens is 1. The van der Waals surface area contributed by atoms with Crippen molar-refractivity contribution in [3.63, 3.8) is 0 Å². The summed E-state index contributed by atoms with van der Waals surface area (Å²) in [5.74, 6) is -0.984. The largest absolute Gasteiger partial charge is 0.462 e. The summed E-state index contributed by atoms with van der Waals surface area (Å²) in [6.07, 6.45) is 2.44. The summed E-state index contributed by atoms with van der Waals surface area (Å²) in [6, 6.07) is 7.42. The molecule has 0 radical (unpaired) electrons. The van der Waals surface area contributed by atoms with Gasteiger partial charge in [-0.2, -0.15) is 0 Å². The van der Waals surface area contributed by atoms with Gasteiger partial charge < -0.3 is 15.0 Å². The molecule has 0 spiro atoms. The van der Waals surface area contributed by atoms with Gasteiger partial charge in [-0.15, -0.1) is 0 Å². The maximum Gasteiger partial charge on any atom is 0.339 e. The molecule has 2 aromatic rings. The number of ether oxygens (including phenoxy) is 1. The van der Waals surface area contributed by atoms with Crippen LogP contribution in [0.1, 0.15) is 23.7 Å². The van der Waals surface area contributed by atoms with Gasteiger partial charge >= 0.3 is 5.97 Å². The van der Waals surface area contributed by atoms with Crippen LogP contribution in [0.4, 0.5) is 20.3 Å². The van der Waals surface area contributed by atoms with Crippen LogP contribution >= 0.6 is 0 Å². The third-order valence-electron chi connectivity index (χ3n) is 4.40. The van der Waals surface area contributed by atoms with Gasteiger partial charge in [0.05, 0.1) is 12.2 Å². The van der Waals surface area contributed by atoms with E-state index in [1.807, 2.05) is 4.90 Å². The average molecular weight is 361 g/mol. The zero-order chi connectivity index (χ0) is 18.5. The molecular formula is C19H21F2N3O2. The van der Waals surface area contributed by atoms with Crippen molar-refractivity contribution >= 4 is 17.5 Å². The number of nitrogens with zero attached hydrogens (tertiary/aromatic N) is 2. The summed E-state index contributed by atoms with van der Waals surface area (Å²) >= 11 is 0. The second kappa shape index (κ2) is 8.12. The first-order valence-corrected chi connectivity index (χ1v) is 8.64. The van der Waals surface area contributed by atoms with E-state index in [0.717, 1.165) is 25.6 Å². The molecule has 138 valence electrons. The predicted octanol–water partition coefficient (Wildman–Crippen LogP) is 3.47. The molecule has 1 saturated heterocycles. The number of carbonyl (C=O) groups is 1. The third kappa shape index (κ3) is 4.28. The number of halogens is 2. The molecule has 1 aliphatic rings. The maximum atomic E-state index is 13.4. The van der Waals surface area contributed by atoms with E-state index < -0.39 is 11.6 Å². The molecule has 1 aromatic heterocycles. The highest BCUT2D eigenvalue weighted by Crippen LogP contribution is 2.25. The Morgan fingerprint density at radius 1 is 1.31 bits per heavy atom. The quantitative estimate of drug-likeness (QED) is 0.799. The van der Waals surface area contributed by atoms with Crippen LogP contribution in [-0.4, -0.2) is 37.2 Å². The van der Waals surface area contributed by atoms with Gasteiger partial charge in [0.1, 0.15) is 5.82 Å². The molecule has 1 fully saturated rings. The lowest BCUT2D eigenvalue weighted by atomic mass is 10.1. The number of benzene rings is 1. The highest BCUT2D eigenvalue weighted by atomic mass is 19.2. The summed E-state index contributed by atoms with van der Waals surface area (Å²) in [4.78, 5) is 17.9. The zero-order valence-corrected chi connectivity index (χ0v) is 14.5. The fourth-order valence-corrected chi connectivity index (χ4v) is 3.00. The molecule has 0 saturated carbocycles. The smallest absolute Gasteiger partial charge is 0.339 e. The molecule has 1 aliphatic heterocycles. The van der Waals surface area contributed by atoms with Crippen LogP contribution in [0.2, 0.25) is 0 Å². The Kier molecular flexibility index (Phi) is 5.65. The maximum absolute atomic E-state index is 13.4.